The van der Waals surface area contributed by atoms with Gasteiger partial charge in [-0.1, -0.05) is 12.1 Å². The van der Waals surface area contributed by atoms with E-state index in [1.54, 1.807) is 28.0 Å². The van der Waals surface area contributed by atoms with Crippen LogP contribution >= 0.6 is 0 Å². The molecule has 5 heterocycles. The maximum Gasteiger partial charge on any atom is 0.261 e. The van der Waals surface area contributed by atoms with Gasteiger partial charge in [-0.3, -0.25) is 24.0 Å². The molecule has 2 atom stereocenters. The van der Waals surface area contributed by atoms with Crippen LogP contribution in [0.5, 0.6) is 0 Å². The van der Waals surface area contributed by atoms with Gasteiger partial charge in [0.2, 0.25) is 0 Å². The summed E-state index contributed by atoms with van der Waals surface area (Å²) in [5, 5.41) is 19.6. The number of rotatable bonds is 4. The average molecular weight is 482 g/mol. The van der Waals surface area contributed by atoms with Crippen molar-refractivity contribution in [2.24, 2.45) is 7.05 Å². The van der Waals surface area contributed by atoms with Crippen LogP contribution < -0.4 is 10.9 Å². The molecule has 0 radical (unpaired) electrons. The number of aliphatic hydroxyl groups excluding tert-OH is 1. The van der Waals surface area contributed by atoms with Gasteiger partial charge in [-0.2, -0.15) is 5.10 Å². The predicted octanol–water partition coefficient (Wildman–Crippen LogP) is 2.62. The zero-order valence-corrected chi connectivity index (χ0v) is 20.0. The van der Waals surface area contributed by atoms with Crippen LogP contribution in [-0.2, 0) is 13.5 Å². The lowest BCUT2D eigenvalue weighted by atomic mass is 9.98. The van der Waals surface area contributed by atoms with E-state index >= 15 is 0 Å². The Hall–Kier alpha value is -3.95. The molecule has 0 spiro atoms. The van der Waals surface area contributed by atoms with Crippen molar-refractivity contribution in [1.82, 2.24) is 34.6 Å². The smallest absolute Gasteiger partial charge is 0.261 e. The van der Waals surface area contributed by atoms with Gasteiger partial charge in [-0.15, -0.1) is 0 Å². The molecule has 9 heteroatoms. The van der Waals surface area contributed by atoms with Crippen molar-refractivity contribution in [3.05, 3.63) is 82.9 Å². The summed E-state index contributed by atoms with van der Waals surface area (Å²) in [4.78, 5) is 27.6. The Kier molecular flexibility index (Phi) is 5.79. The molecule has 1 fully saturated rings. The highest BCUT2D eigenvalue weighted by molar-refractivity contribution is 6.04. The van der Waals surface area contributed by atoms with E-state index in [0.29, 0.717) is 29.4 Å². The van der Waals surface area contributed by atoms with Crippen LogP contribution in [0.2, 0.25) is 0 Å². The molecule has 5 aromatic rings. The van der Waals surface area contributed by atoms with E-state index in [4.69, 9.17) is 0 Å². The third-order valence-electron chi connectivity index (χ3n) is 6.96. The maximum absolute atomic E-state index is 13.7. The second-order valence-corrected chi connectivity index (χ2v) is 9.40. The van der Waals surface area contributed by atoms with Crippen molar-refractivity contribution in [2.45, 2.75) is 31.4 Å². The highest BCUT2D eigenvalue weighted by atomic mass is 16.3. The monoisotopic (exact) mass is 481 g/mol. The quantitative estimate of drug-likeness (QED) is 0.380. The van der Waals surface area contributed by atoms with E-state index in [-0.39, 0.29) is 11.6 Å². The van der Waals surface area contributed by atoms with Crippen LogP contribution in [0, 0.1) is 0 Å². The summed E-state index contributed by atoms with van der Waals surface area (Å²) in [6.45, 7) is 1.29. The fourth-order valence-corrected chi connectivity index (χ4v) is 5.10. The van der Waals surface area contributed by atoms with Gasteiger partial charge in [0, 0.05) is 43.1 Å². The molecule has 1 aliphatic heterocycles. The Bertz CT molecular complexity index is 1610. The number of benzene rings is 1. The topological polar surface area (TPSA) is 111 Å². The van der Waals surface area contributed by atoms with E-state index in [2.05, 4.69) is 31.4 Å². The molecule has 1 aromatic carbocycles. The molecular formula is C27H27N7O2. The van der Waals surface area contributed by atoms with Crippen molar-refractivity contribution in [1.29, 1.82) is 0 Å². The summed E-state index contributed by atoms with van der Waals surface area (Å²) in [6, 6.07) is 9.58. The summed E-state index contributed by atoms with van der Waals surface area (Å²) in [6.07, 6.45) is 10.4. The molecule has 4 aromatic heterocycles. The zero-order valence-electron chi connectivity index (χ0n) is 20.0. The number of aryl methyl sites for hydroxylation is 1. The van der Waals surface area contributed by atoms with Crippen molar-refractivity contribution >= 4 is 21.8 Å². The molecule has 36 heavy (non-hydrogen) atoms. The number of nitrogens with one attached hydrogen (secondary N) is 1. The average Bonchev–Trinajstić information content (AvgIpc) is 3.22. The third kappa shape index (κ3) is 4.06. The van der Waals surface area contributed by atoms with Crippen LogP contribution in [0.4, 0.5) is 0 Å². The van der Waals surface area contributed by atoms with E-state index in [9.17, 15) is 9.90 Å². The number of hydrogen-bond acceptors (Lipinski definition) is 7. The number of β-amino-alcohol motifs (C(OH)–C–C–N with tert-alkyl or cyclic N) is 1. The van der Waals surface area contributed by atoms with Gasteiger partial charge in [0.1, 0.15) is 5.52 Å². The Morgan fingerprint density at radius 2 is 2.00 bits per heavy atom. The third-order valence-corrected chi connectivity index (χ3v) is 6.96. The summed E-state index contributed by atoms with van der Waals surface area (Å²) in [5.74, 6) is 0. The van der Waals surface area contributed by atoms with E-state index in [1.165, 1.54) is 0 Å². The number of nitrogens with zero attached hydrogens (tertiary/aromatic N) is 6. The SMILES string of the molecule is Cn1cc(-c2ccc(Cc3cc4c(=O)n(C5CCCNCC5O)cnc4c4ncccc34)cn2)cn1. The number of aliphatic hydroxyl groups is 1. The lowest BCUT2D eigenvalue weighted by Gasteiger charge is -2.22. The first kappa shape index (κ1) is 22.5. The van der Waals surface area contributed by atoms with Crippen molar-refractivity contribution in [2.75, 3.05) is 13.1 Å². The normalized spacial score (nSPS) is 18.5. The molecule has 2 unspecified atom stereocenters. The highest BCUT2D eigenvalue weighted by Crippen LogP contribution is 2.27. The first-order valence-electron chi connectivity index (χ1n) is 12.2. The standard InChI is InChI=1S/C27H27N7O2/c1-33-15-19(13-32-33)22-7-6-17(12-30-22)10-18-11-21-26(25-20(18)4-2-9-29-25)31-16-34(27(21)36)23-5-3-8-28-14-24(23)35/h2,4,6-7,9,11-13,15-16,23-24,28,35H,3,5,8,10,14H2,1H3. The molecule has 1 saturated heterocycles. The van der Waals surface area contributed by atoms with Gasteiger partial charge >= 0.3 is 0 Å². The predicted molar refractivity (Wildman–Crippen MR) is 138 cm³/mol. The first-order chi connectivity index (χ1) is 17.6. The lowest BCUT2D eigenvalue weighted by molar-refractivity contribution is 0.113. The maximum atomic E-state index is 13.7. The largest absolute Gasteiger partial charge is 0.390 e. The minimum Gasteiger partial charge on any atom is -0.390 e. The molecule has 0 bridgehead atoms. The van der Waals surface area contributed by atoms with Crippen molar-refractivity contribution in [3.8, 4) is 11.3 Å². The lowest BCUT2D eigenvalue weighted by Crippen LogP contribution is -2.36. The molecule has 6 rings (SSSR count). The molecule has 1 aliphatic rings. The summed E-state index contributed by atoms with van der Waals surface area (Å²) in [5.41, 5.74) is 4.99. The van der Waals surface area contributed by atoms with Crippen LogP contribution in [0.15, 0.2) is 66.2 Å². The first-order valence-corrected chi connectivity index (χ1v) is 12.2. The van der Waals surface area contributed by atoms with Crippen molar-refractivity contribution in [3.63, 3.8) is 0 Å². The van der Waals surface area contributed by atoms with Crippen LogP contribution in [0.25, 0.3) is 33.1 Å². The van der Waals surface area contributed by atoms with Crippen LogP contribution in [0.1, 0.15) is 30.0 Å². The highest BCUT2D eigenvalue weighted by Gasteiger charge is 2.25. The van der Waals surface area contributed by atoms with Crippen LogP contribution in [-0.4, -0.2) is 53.6 Å². The number of pyridine rings is 2. The second kappa shape index (κ2) is 9.25. The molecule has 2 N–H and O–H groups in total. The van der Waals surface area contributed by atoms with Crippen LogP contribution in [0.3, 0.4) is 0 Å². The minimum absolute atomic E-state index is 0.148. The van der Waals surface area contributed by atoms with Gasteiger partial charge < -0.3 is 10.4 Å². The molecule has 0 amide bonds. The second-order valence-electron chi connectivity index (χ2n) is 9.40. The molecule has 182 valence electrons. The van der Waals surface area contributed by atoms with E-state index < -0.39 is 6.10 Å². The Morgan fingerprint density at radius 1 is 1.11 bits per heavy atom. The van der Waals surface area contributed by atoms with Gasteiger partial charge in [0.25, 0.3) is 5.56 Å². The summed E-state index contributed by atoms with van der Waals surface area (Å²) < 4.78 is 3.35. The summed E-state index contributed by atoms with van der Waals surface area (Å²) in [7, 11) is 1.88. The van der Waals surface area contributed by atoms with Crippen molar-refractivity contribution < 1.29 is 5.11 Å². The fourth-order valence-electron chi connectivity index (χ4n) is 5.10. The van der Waals surface area contributed by atoms with Gasteiger partial charge in [-0.25, -0.2) is 4.98 Å². The fraction of sp³-hybridized carbons (Fsp3) is 0.296. The van der Waals surface area contributed by atoms with E-state index in [0.717, 1.165) is 47.2 Å². The van der Waals surface area contributed by atoms with Gasteiger partial charge in [-0.05, 0) is 55.1 Å². The molecular weight excluding hydrogens is 454 g/mol. The summed E-state index contributed by atoms with van der Waals surface area (Å²) >= 11 is 0. The number of hydrogen-bond donors (Lipinski definition) is 2. The Morgan fingerprint density at radius 3 is 2.81 bits per heavy atom. The van der Waals surface area contributed by atoms with E-state index in [1.807, 2.05) is 43.7 Å². The van der Waals surface area contributed by atoms with Gasteiger partial charge in [0.15, 0.2) is 0 Å². The number of fused-ring (bicyclic) bond motifs is 3. The minimum atomic E-state index is -0.646. The Balaban J connectivity index is 1.43. The molecule has 0 aliphatic carbocycles. The zero-order chi connectivity index (χ0) is 24.6. The van der Waals surface area contributed by atoms with Gasteiger partial charge in [0.05, 0.1) is 41.3 Å². The Labute approximate surface area is 207 Å². The number of aromatic nitrogens is 6. The molecule has 0 saturated carbocycles. The molecule has 9 nitrogen and oxygen atoms in total.